The van der Waals surface area contributed by atoms with Crippen molar-refractivity contribution in [2.75, 3.05) is 26.7 Å². The molecule has 0 saturated carbocycles. The quantitative estimate of drug-likeness (QED) is 0.867. The minimum Gasteiger partial charge on any atom is -0.381 e. The zero-order valence-electron chi connectivity index (χ0n) is 12.3. The SMILES string of the molecule is CCc1nn(C)cc1C(CN)N1CCC(OC)CC1. The fourth-order valence-corrected chi connectivity index (χ4v) is 3.00. The molecule has 0 radical (unpaired) electrons. The molecule has 0 aliphatic carbocycles. The van der Waals surface area contributed by atoms with Gasteiger partial charge in [-0.3, -0.25) is 9.58 Å². The van der Waals surface area contributed by atoms with Gasteiger partial charge < -0.3 is 10.5 Å². The summed E-state index contributed by atoms with van der Waals surface area (Å²) < 4.78 is 7.33. The number of methoxy groups -OCH3 is 1. The molecule has 0 bridgehead atoms. The van der Waals surface area contributed by atoms with E-state index in [0.29, 0.717) is 18.7 Å². The third-order valence-corrected chi connectivity index (χ3v) is 4.11. The molecule has 1 fully saturated rings. The van der Waals surface area contributed by atoms with Gasteiger partial charge in [-0.05, 0) is 19.3 Å². The molecule has 2 N–H and O–H groups in total. The minimum absolute atomic E-state index is 0.293. The summed E-state index contributed by atoms with van der Waals surface area (Å²) in [6, 6.07) is 0.293. The lowest BCUT2D eigenvalue weighted by Gasteiger charge is -2.36. The van der Waals surface area contributed by atoms with Crippen molar-refractivity contribution < 1.29 is 4.74 Å². The number of nitrogens with zero attached hydrogens (tertiary/aromatic N) is 3. The number of aryl methyl sites for hydroxylation is 2. The Hall–Kier alpha value is -0.910. The molecule has 19 heavy (non-hydrogen) atoms. The van der Waals surface area contributed by atoms with Crippen molar-refractivity contribution in [3.63, 3.8) is 0 Å². The van der Waals surface area contributed by atoms with Crippen LogP contribution in [0.2, 0.25) is 0 Å². The number of likely N-dealkylation sites (tertiary alicyclic amines) is 1. The topological polar surface area (TPSA) is 56.3 Å². The van der Waals surface area contributed by atoms with E-state index in [4.69, 9.17) is 10.5 Å². The highest BCUT2D eigenvalue weighted by Crippen LogP contribution is 2.26. The highest BCUT2D eigenvalue weighted by Gasteiger charge is 2.27. The van der Waals surface area contributed by atoms with Gasteiger partial charge in [-0.25, -0.2) is 0 Å². The van der Waals surface area contributed by atoms with Crippen molar-refractivity contribution in [2.45, 2.75) is 38.3 Å². The first-order valence-corrected chi connectivity index (χ1v) is 7.18. The number of hydrogen-bond acceptors (Lipinski definition) is 4. The fraction of sp³-hybridized carbons (Fsp3) is 0.786. The monoisotopic (exact) mass is 266 g/mol. The predicted molar refractivity (Wildman–Crippen MR) is 76.0 cm³/mol. The van der Waals surface area contributed by atoms with Crippen molar-refractivity contribution in [1.29, 1.82) is 0 Å². The van der Waals surface area contributed by atoms with E-state index in [9.17, 15) is 0 Å². The van der Waals surface area contributed by atoms with Crippen LogP contribution in [0.25, 0.3) is 0 Å². The summed E-state index contributed by atoms with van der Waals surface area (Å²) in [5.41, 5.74) is 8.49. The second kappa shape index (κ2) is 6.50. The molecule has 1 aliphatic heterocycles. The molecular weight excluding hydrogens is 240 g/mol. The lowest BCUT2D eigenvalue weighted by atomic mass is 10.00. The van der Waals surface area contributed by atoms with Crippen molar-refractivity contribution in [2.24, 2.45) is 12.8 Å². The Morgan fingerprint density at radius 3 is 2.68 bits per heavy atom. The number of piperidine rings is 1. The predicted octanol–water partition coefficient (Wildman–Crippen LogP) is 1.09. The van der Waals surface area contributed by atoms with E-state index in [1.165, 1.54) is 11.3 Å². The molecule has 108 valence electrons. The van der Waals surface area contributed by atoms with E-state index in [0.717, 1.165) is 32.4 Å². The van der Waals surface area contributed by atoms with Crippen LogP contribution in [0, 0.1) is 0 Å². The standard InChI is InChI=1S/C14H26N4O/c1-4-13-12(10-17(2)16-13)14(9-15)18-7-5-11(19-3)6-8-18/h10-11,14H,4-9,15H2,1-3H3. The Kier molecular flexibility index (Phi) is 4.96. The Morgan fingerprint density at radius 1 is 1.47 bits per heavy atom. The molecule has 5 heteroatoms. The average molecular weight is 266 g/mol. The van der Waals surface area contributed by atoms with Gasteiger partial charge in [0.25, 0.3) is 0 Å². The molecule has 1 aliphatic rings. The Morgan fingerprint density at radius 2 is 2.16 bits per heavy atom. The van der Waals surface area contributed by atoms with Crippen molar-refractivity contribution >= 4 is 0 Å². The van der Waals surface area contributed by atoms with Crippen LogP contribution in [0.5, 0.6) is 0 Å². The molecule has 1 saturated heterocycles. The van der Waals surface area contributed by atoms with E-state index >= 15 is 0 Å². The van der Waals surface area contributed by atoms with Crippen LogP contribution in [0.1, 0.15) is 37.1 Å². The van der Waals surface area contributed by atoms with E-state index in [2.05, 4.69) is 23.1 Å². The number of aromatic nitrogens is 2. The van der Waals surface area contributed by atoms with Crippen LogP contribution in [-0.2, 0) is 18.2 Å². The third-order valence-electron chi connectivity index (χ3n) is 4.11. The summed E-state index contributed by atoms with van der Waals surface area (Å²) in [7, 11) is 3.78. The number of nitrogens with two attached hydrogens (primary N) is 1. The minimum atomic E-state index is 0.293. The van der Waals surface area contributed by atoms with Crippen LogP contribution in [0.3, 0.4) is 0 Å². The zero-order valence-corrected chi connectivity index (χ0v) is 12.3. The molecule has 1 aromatic heterocycles. The van der Waals surface area contributed by atoms with Crippen LogP contribution < -0.4 is 5.73 Å². The van der Waals surface area contributed by atoms with Gasteiger partial charge in [-0.2, -0.15) is 5.10 Å². The molecule has 2 rings (SSSR count). The Bertz CT molecular complexity index is 396. The third kappa shape index (κ3) is 3.16. The molecule has 1 unspecified atom stereocenters. The van der Waals surface area contributed by atoms with E-state index < -0.39 is 0 Å². The van der Waals surface area contributed by atoms with E-state index in [1.54, 1.807) is 7.11 Å². The highest BCUT2D eigenvalue weighted by atomic mass is 16.5. The summed E-state index contributed by atoms with van der Waals surface area (Å²) in [5, 5.41) is 4.53. The number of ether oxygens (including phenoxy) is 1. The first kappa shape index (κ1) is 14.5. The Labute approximate surface area is 115 Å². The van der Waals surface area contributed by atoms with Crippen molar-refractivity contribution in [1.82, 2.24) is 14.7 Å². The first-order valence-electron chi connectivity index (χ1n) is 7.18. The molecule has 0 spiro atoms. The molecule has 0 amide bonds. The van der Waals surface area contributed by atoms with Gasteiger partial charge in [-0.1, -0.05) is 6.92 Å². The van der Waals surface area contributed by atoms with E-state index in [1.807, 2.05) is 11.7 Å². The van der Waals surface area contributed by atoms with Crippen molar-refractivity contribution in [3.8, 4) is 0 Å². The molecule has 1 aromatic rings. The van der Waals surface area contributed by atoms with Crippen LogP contribution in [-0.4, -0.2) is 47.5 Å². The summed E-state index contributed by atoms with van der Waals surface area (Å²) in [4.78, 5) is 2.48. The summed E-state index contributed by atoms with van der Waals surface area (Å²) >= 11 is 0. The molecule has 0 aromatic carbocycles. The largest absolute Gasteiger partial charge is 0.381 e. The molecule has 5 nitrogen and oxygen atoms in total. The average Bonchev–Trinajstić information content (AvgIpc) is 2.81. The van der Waals surface area contributed by atoms with Gasteiger partial charge in [0.2, 0.25) is 0 Å². The zero-order chi connectivity index (χ0) is 13.8. The summed E-state index contributed by atoms with van der Waals surface area (Å²) in [5.74, 6) is 0. The lowest BCUT2D eigenvalue weighted by Crippen LogP contribution is -2.41. The van der Waals surface area contributed by atoms with Gasteiger partial charge in [0, 0.05) is 45.6 Å². The molecular formula is C14H26N4O. The van der Waals surface area contributed by atoms with Crippen LogP contribution in [0.4, 0.5) is 0 Å². The van der Waals surface area contributed by atoms with Gasteiger partial charge in [0.1, 0.15) is 0 Å². The smallest absolute Gasteiger partial charge is 0.0670 e. The van der Waals surface area contributed by atoms with Gasteiger partial charge in [0.15, 0.2) is 0 Å². The maximum absolute atomic E-state index is 6.03. The first-order chi connectivity index (χ1) is 9.19. The maximum atomic E-state index is 6.03. The van der Waals surface area contributed by atoms with Crippen molar-refractivity contribution in [3.05, 3.63) is 17.5 Å². The highest BCUT2D eigenvalue weighted by molar-refractivity contribution is 5.22. The number of hydrogen-bond donors (Lipinski definition) is 1. The summed E-state index contributed by atoms with van der Waals surface area (Å²) in [6.07, 6.45) is 5.68. The lowest BCUT2D eigenvalue weighted by molar-refractivity contribution is 0.0279. The Balaban J connectivity index is 2.11. The van der Waals surface area contributed by atoms with Gasteiger partial charge in [0.05, 0.1) is 17.8 Å². The van der Waals surface area contributed by atoms with Crippen LogP contribution >= 0.6 is 0 Å². The van der Waals surface area contributed by atoms with Gasteiger partial charge >= 0.3 is 0 Å². The van der Waals surface area contributed by atoms with Crippen LogP contribution in [0.15, 0.2) is 6.20 Å². The summed E-state index contributed by atoms with van der Waals surface area (Å²) in [6.45, 7) is 4.91. The van der Waals surface area contributed by atoms with Gasteiger partial charge in [-0.15, -0.1) is 0 Å². The molecule has 1 atom stereocenters. The second-order valence-electron chi connectivity index (χ2n) is 5.28. The van der Waals surface area contributed by atoms with E-state index in [-0.39, 0.29) is 0 Å². The molecule has 2 heterocycles. The fourth-order valence-electron chi connectivity index (χ4n) is 3.00. The maximum Gasteiger partial charge on any atom is 0.0670 e. The second-order valence-corrected chi connectivity index (χ2v) is 5.28. The number of rotatable bonds is 5. The normalized spacial score (nSPS) is 19.8.